The highest BCUT2D eigenvalue weighted by atomic mass is 16.5. The number of rotatable bonds is 6. The van der Waals surface area contributed by atoms with Gasteiger partial charge in [-0.15, -0.1) is 0 Å². The Balaban J connectivity index is 1.78. The van der Waals surface area contributed by atoms with E-state index < -0.39 is 0 Å². The molecule has 0 aliphatic heterocycles. The van der Waals surface area contributed by atoms with Gasteiger partial charge in [0.15, 0.2) is 0 Å². The standard InChI is InChI=1S/C22H28O2/c1-2-3-4-16-22(23)24-21-15-8-7-13-20(21)19-14-9-11-17-10-5-6-12-18(17)19/h5-6,9-12,14,20-21H,2-4,7-8,13,15-16H2,1H3/t20-,21-/m0/s1. The average Bonchev–Trinajstić information content (AvgIpc) is 2.62. The van der Waals surface area contributed by atoms with Gasteiger partial charge in [-0.1, -0.05) is 68.7 Å². The van der Waals surface area contributed by atoms with Crippen LogP contribution in [0.25, 0.3) is 10.8 Å². The van der Waals surface area contributed by atoms with Crippen LogP contribution in [0, 0.1) is 0 Å². The van der Waals surface area contributed by atoms with Crippen molar-refractivity contribution in [2.24, 2.45) is 0 Å². The maximum atomic E-state index is 12.2. The number of carbonyl (C=O) groups is 1. The van der Waals surface area contributed by atoms with Crippen LogP contribution in [0.5, 0.6) is 0 Å². The molecule has 0 heterocycles. The largest absolute Gasteiger partial charge is 0.462 e. The van der Waals surface area contributed by atoms with E-state index in [4.69, 9.17) is 4.74 Å². The summed E-state index contributed by atoms with van der Waals surface area (Å²) >= 11 is 0. The summed E-state index contributed by atoms with van der Waals surface area (Å²) < 4.78 is 5.91. The summed E-state index contributed by atoms with van der Waals surface area (Å²) in [6, 6.07) is 15.0. The number of benzene rings is 2. The average molecular weight is 324 g/mol. The third kappa shape index (κ3) is 3.98. The molecular formula is C22H28O2. The third-order valence-corrected chi connectivity index (χ3v) is 5.19. The molecule has 2 aromatic carbocycles. The number of ether oxygens (including phenoxy) is 1. The predicted octanol–water partition coefficient (Wildman–Crippen LogP) is 5.99. The van der Waals surface area contributed by atoms with E-state index >= 15 is 0 Å². The smallest absolute Gasteiger partial charge is 0.306 e. The van der Waals surface area contributed by atoms with Gasteiger partial charge in [0, 0.05) is 12.3 Å². The van der Waals surface area contributed by atoms with Crippen molar-refractivity contribution >= 4 is 16.7 Å². The molecule has 2 heteroatoms. The molecule has 0 amide bonds. The fourth-order valence-corrected chi connectivity index (χ4v) is 3.91. The second-order valence-corrected chi connectivity index (χ2v) is 6.94. The minimum absolute atomic E-state index is 0.0133. The van der Waals surface area contributed by atoms with E-state index in [-0.39, 0.29) is 12.1 Å². The molecule has 0 radical (unpaired) electrons. The Morgan fingerprint density at radius 1 is 1.04 bits per heavy atom. The second kappa shape index (κ2) is 8.32. The zero-order valence-corrected chi connectivity index (χ0v) is 14.7. The highest BCUT2D eigenvalue weighted by Gasteiger charge is 2.30. The lowest BCUT2D eigenvalue weighted by molar-refractivity contribution is -0.151. The van der Waals surface area contributed by atoms with Gasteiger partial charge in [-0.3, -0.25) is 4.79 Å². The fourth-order valence-electron chi connectivity index (χ4n) is 3.91. The van der Waals surface area contributed by atoms with Gasteiger partial charge in [0.25, 0.3) is 0 Å². The molecule has 1 aliphatic rings. The second-order valence-electron chi connectivity index (χ2n) is 6.94. The lowest BCUT2D eigenvalue weighted by Crippen LogP contribution is -2.28. The third-order valence-electron chi connectivity index (χ3n) is 5.19. The van der Waals surface area contributed by atoms with Gasteiger partial charge in [0.05, 0.1) is 0 Å². The topological polar surface area (TPSA) is 26.3 Å². The molecule has 2 atom stereocenters. The Morgan fingerprint density at radius 2 is 1.83 bits per heavy atom. The van der Waals surface area contributed by atoms with Crippen molar-refractivity contribution in [1.29, 1.82) is 0 Å². The molecule has 0 spiro atoms. The first-order chi connectivity index (χ1) is 11.8. The summed E-state index contributed by atoms with van der Waals surface area (Å²) in [4.78, 5) is 12.2. The molecule has 24 heavy (non-hydrogen) atoms. The van der Waals surface area contributed by atoms with Crippen molar-refractivity contribution in [3.63, 3.8) is 0 Å². The Hall–Kier alpha value is -1.83. The molecule has 0 bridgehead atoms. The van der Waals surface area contributed by atoms with E-state index in [1.54, 1.807) is 0 Å². The number of hydrogen-bond acceptors (Lipinski definition) is 2. The normalized spacial score (nSPS) is 20.9. The van der Waals surface area contributed by atoms with E-state index in [9.17, 15) is 4.79 Å². The molecule has 2 nitrogen and oxygen atoms in total. The molecule has 0 N–H and O–H groups in total. The Labute approximate surface area is 145 Å². The number of fused-ring (bicyclic) bond motifs is 1. The van der Waals surface area contributed by atoms with Crippen LogP contribution in [-0.2, 0) is 9.53 Å². The molecule has 3 rings (SSSR count). The van der Waals surface area contributed by atoms with Gasteiger partial charge in [0.1, 0.15) is 6.10 Å². The molecule has 0 saturated heterocycles. The van der Waals surface area contributed by atoms with Gasteiger partial charge < -0.3 is 4.74 Å². The van der Waals surface area contributed by atoms with E-state index in [0.29, 0.717) is 12.3 Å². The maximum absolute atomic E-state index is 12.2. The molecule has 2 aromatic rings. The van der Waals surface area contributed by atoms with Gasteiger partial charge >= 0.3 is 5.97 Å². The molecular weight excluding hydrogens is 296 g/mol. The van der Waals surface area contributed by atoms with Crippen LogP contribution in [-0.4, -0.2) is 12.1 Å². The van der Waals surface area contributed by atoms with Crippen LogP contribution in [0.15, 0.2) is 42.5 Å². The summed E-state index contributed by atoms with van der Waals surface area (Å²) in [5.41, 5.74) is 1.35. The monoisotopic (exact) mass is 324 g/mol. The van der Waals surface area contributed by atoms with Crippen LogP contribution in [0.1, 0.15) is 69.8 Å². The van der Waals surface area contributed by atoms with E-state index in [2.05, 4.69) is 49.4 Å². The summed E-state index contributed by atoms with van der Waals surface area (Å²) in [5.74, 6) is 0.320. The quantitative estimate of drug-likeness (QED) is 0.482. The number of unbranched alkanes of at least 4 members (excludes halogenated alkanes) is 2. The first-order valence-electron chi connectivity index (χ1n) is 9.46. The Morgan fingerprint density at radius 3 is 2.71 bits per heavy atom. The first-order valence-corrected chi connectivity index (χ1v) is 9.46. The van der Waals surface area contributed by atoms with Crippen LogP contribution in [0.4, 0.5) is 0 Å². The number of hydrogen-bond donors (Lipinski definition) is 0. The van der Waals surface area contributed by atoms with Crippen molar-refractivity contribution in [3.05, 3.63) is 48.0 Å². The highest BCUT2D eigenvalue weighted by molar-refractivity contribution is 5.86. The number of carbonyl (C=O) groups excluding carboxylic acids is 1. The summed E-state index contributed by atoms with van der Waals surface area (Å²) in [5, 5.41) is 2.58. The SMILES string of the molecule is CCCCCC(=O)O[C@H]1CCCC[C@H]1c1cccc2ccccc12. The summed E-state index contributed by atoms with van der Waals surface area (Å²) in [7, 11) is 0. The molecule has 0 aromatic heterocycles. The summed E-state index contributed by atoms with van der Waals surface area (Å²) in [6.45, 7) is 2.16. The summed E-state index contributed by atoms with van der Waals surface area (Å²) in [6.07, 6.45) is 8.27. The van der Waals surface area contributed by atoms with Crippen LogP contribution >= 0.6 is 0 Å². The molecule has 1 saturated carbocycles. The lowest BCUT2D eigenvalue weighted by Gasteiger charge is -2.32. The van der Waals surface area contributed by atoms with Crippen LogP contribution in [0.2, 0.25) is 0 Å². The van der Waals surface area contributed by atoms with Gasteiger partial charge in [-0.05, 0) is 42.0 Å². The first kappa shape index (κ1) is 17.0. The predicted molar refractivity (Wildman–Crippen MR) is 99.2 cm³/mol. The zero-order chi connectivity index (χ0) is 16.8. The fraction of sp³-hybridized carbons (Fsp3) is 0.500. The lowest BCUT2D eigenvalue weighted by atomic mass is 9.80. The van der Waals surface area contributed by atoms with Crippen LogP contribution < -0.4 is 0 Å². The number of esters is 1. The molecule has 128 valence electrons. The Bertz CT molecular complexity index is 671. The molecule has 1 fully saturated rings. The van der Waals surface area contributed by atoms with Gasteiger partial charge in [0.2, 0.25) is 0 Å². The van der Waals surface area contributed by atoms with Crippen molar-refractivity contribution in [1.82, 2.24) is 0 Å². The highest BCUT2D eigenvalue weighted by Crippen LogP contribution is 2.38. The van der Waals surface area contributed by atoms with E-state index in [1.165, 1.54) is 22.8 Å². The van der Waals surface area contributed by atoms with Crippen molar-refractivity contribution in [2.75, 3.05) is 0 Å². The minimum Gasteiger partial charge on any atom is -0.462 e. The van der Waals surface area contributed by atoms with Crippen molar-refractivity contribution < 1.29 is 9.53 Å². The zero-order valence-electron chi connectivity index (χ0n) is 14.7. The molecule has 0 unspecified atom stereocenters. The van der Waals surface area contributed by atoms with Crippen molar-refractivity contribution in [2.45, 2.75) is 70.3 Å². The minimum atomic E-state index is -0.0133. The van der Waals surface area contributed by atoms with E-state index in [0.717, 1.165) is 38.5 Å². The van der Waals surface area contributed by atoms with Gasteiger partial charge in [-0.25, -0.2) is 0 Å². The molecule has 1 aliphatic carbocycles. The van der Waals surface area contributed by atoms with Crippen LogP contribution in [0.3, 0.4) is 0 Å². The Kier molecular flexibility index (Phi) is 5.90. The van der Waals surface area contributed by atoms with Gasteiger partial charge in [-0.2, -0.15) is 0 Å². The van der Waals surface area contributed by atoms with E-state index in [1.807, 2.05) is 0 Å². The maximum Gasteiger partial charge on any atom is 0.306 e. The van der Waals surface area contributed by atoms with Crippen molar-refractivity contribution in [3.8, 4) is 0 Å².